The molecule has 1 aromatic heterocycles. The number of aromatic nitrogens is 2. The summed E-state index contributed by atoms with van der Waals surface area (Å²) in [6, 6.07) is 9.77. The van der Waals surface area contributed by atoms with Crippen LogP contribution in [0.2, 0.25) is 5.15 Å². The Bertz CT molecular complexity index is 597. The smallest absolute Gasteiger partial charge is 0.131 e. The average Bonchev–Trinajstić information content (AvgIpc) is 2.81. The van der Waals surface area contributed by atoms with Crippen LogP contribution in [0.5, 0.6) is 0 Å². The van der Waals surface area contributed by atoms with E-state index in [1.54, 1.807) is 4.68 Å². The summed E-state index contributed by atoms with van der Waals surface area (Å²) in [6.07, 6.45) is 1.13. The van der Waals surface area contributed by atoms with Crippen LogP contribution in [0.25, 0.3) is 0 Å². The lowest BCUT2D eigenvalue weighted by Crippen LogP contribution is -2.21. The summed E-state index contributed by atoms with van der Waals surface area (Å²) in [5.74, 6) is 0. The van der Waals surface area contributed by atoms with Crippen molar-refractivity contribution in [1.29, 1.82) is 0 Å². The van der Waals surface area contributed by atoms with Crippen molar-refractivity contribution < 1.29 is 5.11 Å². The molecule has 0 saturated heterocycles. The third-order valence-electron chi connectivity index (χ3n) is 3.88. The van der Waals surface area contributed by atoms with Gasteiger partial charge in [0, 0.05) is 25.7 Å². The SMILES string of the molecule is CCc1nn(C)c(Cl)c1CN(C)CC[C@@H](O)c1ccccc1. The van der Waals surface area contributed by atoms with Crippen molar-refractivity contribution in [3.63, 3.8) is 0 Å². The minimum Gasteiger partial charge on any atom is -0.388 e. The molecular formula is C17H24ClN3O. The van der Waals surface area contributed by atoms with Crippen LogP contribution in [-0.2, 0) is 20.0 Å². The molecule has 0 aliphatic rings. The second-order valence-electron chi connectivity index (χ2n) is 5.65. The van der Waals surface area contributed by atoms with Crippen molar-refractivity contribution in [2.75, 3.05) is 13.6 Å². The Balaban J connectivity index is 1.92. The van der Waals surface area contributed by atoms with Gasteiger partial charge in [-0.1, -0.05) is 48.9 Å². The number of hydrogen-bond donors (Lipinski definition) is 1. The van der Waals surface area contributed by atoms with E-state index in [1.165, 1.54) is 0 Å². The first-order chi connectivity index (χ1) is 10.5. The Labute approximate surface area is 137 Å². The molecule has 0 fully saturated rings. The van der Waals surface area contributed by atoms with Gasteiger partial charge in [-0.05, 0) is 25.5 Å². The maximum Gasteiger partial charge on any atom is 0.131 e. The lowest BCUT2D eigenvalue weighted by Gasteiger charge is -2.19. The largest absolute Gasteiger partial charge is 0.388 e. The molecule has 22 heavy (non-hydrogen) atoms. The van der Waals surface area contributed by atoms with Gasteiger partial charge in [0.2, 0.25) is 0 Å². The third-order valence-corrected chi connectivity index (χ3v) is 4.36. The van der Waals surface area contributed by atoms with E-state index in [9.17, 15) is 5.11 Å². The molecule has 0 saturated carbocycles. The van der Waals surface area contributed by atoms with Crippen molar-refractivity contribution >= 4 is 11.6 Å². The van der Waals surface area contributed by atoms with Crippen LogP contribution in [0.15, 0.2) is 30.3 Å². The standard InChI is InChI=1S/C17H24ClN3O/c1-4-15-14(17(18)21(3)19-15)12-20(2)11-10-16(22)13-8-6-5-7-9-13/h5-9,16,22H,4,10-12H2,1-3H3/t16-/m1/s1. The van der Waals surface area contributed by atoms with Crippen molar-refractivity contribution in [3.05, 3.63) is 52.3 Å². The fourth-order valence-electron chi connectivity index (χ4n) is 2.57. The van der Waals surface area contributed by atoms with Crippen LogP contribution in [0.4, 0.5) is 0 Å². The minimum atomic E-state index is -0.432. The second-order valence-corrected chi connectivity index (χ2v) is 6.00. The first kappa shape index (κ1) is 17.0. The molecule has 2 rings (SSSR count). The summed E-state index contributed by atoms with van der Waals surface area (Å²) >= 11 is 6.32. The van der Waals surface area contributed by atoms with E-state index in [4.69, 9.17) is 11.6 Å². The quantitative estimate of drug-likeness (QED) is 0.851. The molecule has 4 nitrogen and oxygen atoms in total. The normalized spacial score (nSPS) is 12.8. The van der Waals surface area contributed by atoms with Crippen LogP contribution in [0.3, 0.4) is 0 Å². The van der Waals surface area contributed by atoms with Crippen molar-refractivity contribution in [3.8, 4) is 0 Å². The number of nitrogens with zero attached hydrogens (tertiary/aromatic N) is 3. The topological polar surface area (TPSA) is 41.3 Å². The highest BCUT2D eigenvalue weighted by Gasteiger charge is 2.16. The number of benzene rings is 1. The molecule has 0 amide bonds. The van der Waals surface area contributed by atoms with Crippen LogP contribution in [0.1, 0.15) is 36.3 Å². The predicted octanol–water partition coefficient (Wildman–Crippen LogP) is 3.19. The molecule has 0 bridgehead atoms. The highest BCUT2D eigenvalue weighted by molar-refractivity contribution is 6.30. The summed E-state index contributed by atoms with van der Waals surface area (Å²) in [5.41, 5.74) is 3.09. The van der Waals surface area contributed by atoms with Gasteiger partial charge in [0.1, 0.15) is 5.15 Å². The summed E-state index contributed by atoms with van der Waals surface area (Å²) in [4.78, 5) is 2.17. The molecule has 0 radical (unpaired) electrons. The number of halogens is 1. The van der Waals surface area contributed by atoms with Gasteiger partial charge in [-0.3, -0.25) is 4.68 Å². The molecule has 0 aliphatic carbocycles. The maximum atomic E-state index is 10.2. The van der Waals surface area contributed by atoms with E-state index < -0.39 is 6.10 Å². The Morgan fingerprint density at radius 1 is 1.32 bits per heavy atom. The van der Waals surface area contributed by atoms with Crippen molar-refractivity contribution in [2.24, 2.45) is 7.05 Å². The zero-order valence-corrected chi connectivity index (χ0v) is 14.2. The number of hydrogen-bond acceptors (Lipinski definition) is 3. The van der Waals surface area contributed by atoms with Crippen molar-refractivity contribution in [2.45, 2.75) is 32.4 Å². The first-order valence-electron chi connectivity index (χ1n) is 7.64. The summed E-state index contributed by atoms with van der Waals surface area (Å²) in [6.45, 7) is 3.63. The lowest BCUT2D eigenvalue weighted by molar-refractivity contribution is 0.147. The van der Waals surface area contributed by atoms with Gasteiger partial charge in [0.15, 0.2) is 0 Å². The van der Waals surface area contributed by atoms with Crippen LogP contribution < -0.4 is 0 Å². The highest BCUT2D eigenvalue weighted by atomic mass is 35.5. The number of rotatable bonds is 7. The molecule has 5 heteroatoms. The lowest BCUT2D eigenvalue weighted by atomic mass is 10.1. The van der Waals surface area contributed by atoms with Crippen molar-refractivity contribution in [1.82, 2.24) is 14.7 Å². The minimum absolute atomic E-state index is 0.432. The molecular weight excluding hydrogens is 298 g/mol. The number of aliphatic hydroxyl groups is 1. The van der Waals surface area contributed by atoms with Gasteiger partial charge in [0.25, 0.3) is 0 Å². The van der Waals surface area contributed by atoms with E-state index >= 15 is 0 Å². The summed E-state index contributed by atoms with van der Waals surface area (Å²) in [7, 11) is 3.91. The van der Waals surface area contributed by atoms with Gasteiger partial charge in [0.05, 0.1) is 11.8 Å². The fraction of sp³-hybridized carbons (Fsp3) is 0.471. The third kappa shape index (κ3) is 4.09. The van der Waals surface area contributed by atoms with E-state index in [2.05, 4.69) is 16.9 Å². The first-order valence-corrected chi connectivity index (χ1v) is 8.02. The van der Waals surface area contributed by atoms with E-state index in [0.717, 1.165) is 36.3 Å². The molecule has 1 aromatic carbocycles. The van der Waals surface area contributed by atoms with Gasteiger partial charge >= 0.3 is 0 Å². The molecule has 0 aliphatic heterocycles. The summed E-state index contributed by atoms with van der Waals surface area (Å²) in [5, 5.41) is 15.4. The fourth-order valence-corrected chi connectivity index (χ4v) is 2.78. The summed E-state index contributed by atoms with van der Waals surface area (Å²) < 4.78 is 1.72. The Kier molecular flexibility index (Phi) is 6.00. The van der Waals surface area contributed by atoms with Gasteiger partial charge in [-0.15, -0.1) is 0 Å². The number of aliphatic hydroxyl groups excluding tert-OH is 1. The van der Waals surface area contributed by atoms with Gasteiger partial charge in [-0.2, -0.15) is 5.10 Å². The second kappa shape index (κ2) is 7.77. The van der Waals surface area contributed by atoms with Gasteiger partial charge < -0.3 is 10.0 Å². The van der Waals surface area contributed by atoms with E-state index in [-0.39, 0.29) is 0 Å². The Morgan fingerprint density at radius 2 is 2.00 bits per heavy atom. The number of aryl methyl sites for hydroxylation is 2. The van der Waals surface area contributed by atoms with Gasteiger partial charge in [-0.25, -0.2) is 0 Å². The zero-order chi connectivity index (χ0) is 16.1. The molecule has 120 valence electrons. The highest BCUT2D eigenvalue weighted by Crippen LogP contribution is 2.22. The average molecular weight is 322 g/mol. The van der Waals surface area contributed by atoms with E-state index in [1.807, 2.05) is 44.4 Å². The Morgan fingerprint density at radius 3 is 2.64 bits per heavy atom. The van der Waals surface area contributed by atoms with Crippen LogP contribution >= 0.6 is 11.6 Å². The molecule has 0 spiro atoms. The monoisotopic (exact) mass is 321 g/mol. The maximum absolute atomic E-state index is 10.2. The van der Waals surface area contributed by atoms with Crippen LogP contribution in [0, 0.1) is 0 Å². The molecule has 1 N–H and O–H groups in total. The predicted molar refractivity (Wildman–Crippen MR) is 89.9 cm³/mol. The van der Waals surface area contributed by atoms with E-state index in [0.29, 0.717) is 11.6 Å². The molecule has 1 heterocycles. The molecule has 0 unspecified atom stereocenters. The Hall–Kier alpha value is -1.36. The molecule has 1 atom stereocenters. The zero-order valence-electron chi connectivity index (χ0n) is 13.5. The van der Waals surface area contributed by atoms with Crippen LogP contribution in [-0.4, -0.2) is 33.4 Å². The molecule has 2 aromatic rings.